The van der Waals surface area contributed by atoms with Gasteiger partial charge in [-0.05, 0) is 43.3 Å². The van der Waals surface area contributed by atoms with E-state index in [9.17, 15) is 13.5 Å². The number of aromatic nitrogens is 1. The highest BCUT2D eigenvalue weighted by Crippen LogP contribution is 2.41. The number of nitrogens with zero attached hydrogens (tertiary/aromatic N) is 1. The quantitative estimate of drug-likeness (QED) is 0.359. The van der Waals surface area contributed by atoms with Gasteiger partial charge in [0.05, 0.1) is 21.4 Å². The van der Waals surface area contributed by atoms with E-state index in [2.05, 4.69) is 16.3 Å². The Balaban J connectivity index is 1.77. The first-order chi connectivity index (χ1) is 16.3. The zero-order valence-corrected chi connectivity index (χ0v) is 20.7. The summed E-state index contributed by atoms with van der Waals surface area (Å²) in [5.74, 6) is -0.374. The van der Waals surface area contributed by atoms with Gasteiger partial charge in [0.2, 0.25) is 10.0 Å². The number of hydrogen-bond acceptors (Lipinski definition) is 5. The molecule has 34 heavy (non-hydrogen) atoms. The van der Waals surface area contributed by atoms with Crippen molar-refractivity contribution in [1.82, 2.24) is 9.71 Å². The first kappa shape index (κ1) is 24.3. The number of halogens is 1. The molecule has 4 rings (SSSR count). The minimum atomic E-state index is -3.89. The van der Waals surface area contributed by atoms with Crippen LogP contribution >= 0.6 is 23.4 Å². The molecule has 0 saturated heterocycles. The lowest BCUT2D eigenvalue weighted by Gasteiger charge is -2.30. The fourth-order valence-electron chi connectivity index (χ4n) is 3.85. The number of aliphatic hydroxyl groups is 1. The summed E-state index contributed by atoms with van der Waals surface area (Å²) in [5.41, 5.74) is 1.34. The van der Waals surface area contributed by atoms with E-state index in [-0.39, 0.29) is 10.7 Å². The van der Waals surface area contributed by atoms with Gasteiger partial charge in [-0.2, -0.15) is 0 Å². The maximum atomic E-state index is 13.2. The van der Waals surface area contributed by atoms with Crippen molar-refractivity contribution in [2.75, 3.05) is 0 Å². The molecule has 1 aliphatic rings. The van der Waals surface area contributed by atoms with Gasteiger partial charge in [-0.25, -0.2) is 13.1 Å². The number of allylic oxidation sites excluding steroid dienone is 2. The van der Waals surface area contributed by atoms with Crippen molar-refractivity contribution in [2.45, 2.75) is 22.8 Å². The molecule has 2 N–H and O–H groups in total. The lowest BCUT2D eigenvalue weighted by Crippen LogP contribution is -2.40. The van der Waals surface area contributed by atoms with Crippen LogP contribution in [0.15, 0.2) is 118 Å². The molecule has 2 atom stereocenters. The molecule has 1 aromatic heterocycles. The summed E-state index contributed by atoms with van der Waals surface area (Å²) < 4.78 is 29.1. The Labute approximate surface area is 208 Å². The van der Waals surface area contributed by atoms with Crippen molar-refractivity contribution < 1.29 is 13.5 Å². The smallest absolute Gasteiger partial charge is 0.241 e. The summed E-state index contributed by atoms with van der Waals surface area (Å²) in [5, 5.41) is 12.4. The van der Waals surface area contributed by atoms with Crippen molar-refractivity contribution in [1.29, 1.82) is 0 Å². The number of aliphatic hydroxyl groups excluding tert-OH is 1. The van der Waals surface area contributed by atoms with Gasteiger partial charge in [0.1, 0.15) is 5.76 Å². The van der Waals surface area contributed by atoms with Crippen LogP contribution in [0, 0.1) is 5.92 Å². The molecule has 0 saturated carbocycles. The Morgan fingerprint density at radius 2 is 1.94 bits per heavy atom. The van der Waals surface area contributed by atoms with Gasteiger partial charge < -0.3 is 5.11 Å². The van der Waals surface area contributed by atoms with Gasteiger partial charge in [0.15, 0.2) is 0 Å². The number of pyridine rings is 1. The standard InChI is InChI=1S/C26H23ClN2O3S2/c1-3-8-21-20(4-2)26(30)24(33-23-13-5-9-17-10-7-14-28-25(17)23)16-22(21)29-34(31,32)19-12-6-11-18(27)15-19/h3-16,21-22,29-30H,2H2,1H3/b8-3-. The van der Waals surface area contributed by atoms with E-state index in [1.54, 1.807) is 30.5 Å². The van der Waals surface area contributed by atoms with E-state index in [1.165, 1.54) is 23.9 Å². The van der Waals surface area contributed by atoms with Crippen LogP contribution in [0.2, 0.25) is 5.02 Å². The minimum absolute atomic E-state index is 0.0641. The number of fused-ring (bicyclic) bond motifs is 1. The molecule has 1 heterocycles. The molecule has 3 aromatic rings. The molecule has 0 amide bonds. The zero-order chi connectivity index (χ0) is 24.3. The van der Waals surface area contributed by atoms with Crippen LogP contribution in [0.3, 0.4) is 0 Å². The van der Waals surface area contributed by atoms with Gasteiger partial charge in [-0.1, -0.05) is 72.4 Å². The number of benzene rings is 2. The van der Waals surface area contributed by atoms with E-state index in [0.717, 1.165) is 15.8 Å². The predicted octanol–water partition coefficient (Wildman–Crippen LogP) is 6.42. The summed E-state index contributed by atoms with van der Waals surface area (Å²) >= 11 is 7.35. The van der Waals surface area contributed by atoms with E-state index in [0.29, 0.717) is 15.5 Å². The molecular formula is C26H23ClN2O3S2. The molecule has 2 unspecified atom stereocenters. The van der Waals surface area contributed by atoms with Crippen LogP contribution in [-0.4, -0.2) is 24.6 Å². The van der Waals surface area contributed by atoms with Crippen LogP contribution in [0.25, 0.3) is 10.9 Å². The monoisotopic (exact) mass is 510 g/mol. The van der Waals surface area contributed by atoms with Crippen molar-refractivity contribution in [3.63, 3.8) is 0 Å². The molecule has 0 fully saturated rings. The Kier molecular flexibility index (Phi) is 7.28. The molecule has 0 bridgehead atoms. The second-order valence-corrected chi connectivity index (χ2v) is 10.9. The summed E-state index contributed by atoms with van der Waals surface area (Å²) in [7, 11) is -3.89. The summed E-state index contributed by atoms with van der Waals surface area (Å²) in [6.07, 6.45) is 8.69. The van der Waals surface area contributed by atoms with Crippen LogP contribution < -0.4 is 4.72 Å². The van der Waals surface area contributed by atoms with E-state index in [1.807, 2.05) is 49.4 Å². The van der Waals surface area contributed by atoms with Gasteiger partial charge in [-0.15, -0.1) is 0 Å². The highest BCUT2D eigenvalue weighted by atomic mass is 35.5. The average Bonchev–Trinajstić information content (AvgIpc) is 2.82. The van der Waals surface area contributed by atoms with Crippen molar-refractivity contribution in [2.24, 2.45) is 5.92 Å². The molecule has 174 valence electrons. The number of nitrogens with one attached hydrogen (secondary N) is 1. The lowest BCUT2D eigenvalue weighted by atomic mass is 9.86. The zero-order valence-electron chi connectivity index (χ0n) is 18.4. The van der Waals surface area contributed by atoms with Crippen molar-refractivity contribution in [3.8, 4) is 0 Å². The summed E-state index contributed by atoms with van der Waals surface area (Å²) in [4.78, 5) is 5.92. The summed E-state index contributed by atoms with van der Waals surface area (Å²) in [6.45, 7) is 5.71. The van der Waals surface area contributed by atoms with E-state index >= 15 is 0 Å². The topological polar surface area (TPSA) is 79.3 Å². The van der Waals surface area contributed by atoms with Crippen LogP contribution in [0.1, 0.15) is 6.92 Å². The second-order valence-electron chi connectivity index (χ2n) is 7.63. The highest BCUT2D eigenvalue weighted by Gasteiger charge is 2.33. The molecule has 2 aromatic carbocycles. The highest BCUT2D eigenvalue weighted by molar-refractivity contribution is 8.03. The maximum absolute atomic E-state index is 13.2. The molecule has 1 aliphatic carbocycles. The second kappa shape index (κ2) is 10.2. The Hall–Kier alpha value is -2.84. The SMILES string of the molecule is C=CC1=C(O)C(Sc2cccc3cccnc23)=CC(NS(=O)(=O)c2cccc(Cl)c2)C1/C=C\C. The molecule has 8 heteroatoms. The Bertz CT molecular complexity index is 1440. The van der Waals surface area contributed by atoms with Gasteiger partial charge >= 0.3 is 0 Å². The molecule has 0 aliphatic heterocycles. The van der Waals surface area contributed by atoms with E-state index < -0.39 is 22.0 Å². The predicted molar refractivity (Wildman–Crippen MR) is 139 cm³/mol. The van der Waals surface area contributed by atoms with Crippen LogP contribution in [0.4, 0.5) is 0 Å². The average molecular weight is 511 g/mol. The number of hydrogen-bond donors (Lipinski definition) is 2. The van der Waals surface area contributed by atoms with Gasteiger partial charge in [0.25, 0.3) is 0 Å². The number of thioether (sulfide) groups is 1. The Morgan fingerprint density at radius 3 is 2.68 bits per heavy atom. The van der Waals surface area contributed by atoms with Crippen LogP contribution in [0.5, 0.6) is 0 Å². The molecule has 0 spiro atoms. The minimum Gasteiger partial charge on any atom is -0.506 e. The first-order valence-electron chi connectivity index (χ1n) is 10.5. The first-order valence-corrected chi connectivity index (χ1v) is 13.2. The maximum Gasteiger partial charge on any atom is 0.241 e. The third-order valence-corrected chi connectivity index (χ3v) is 8.21. The van der Waals surface area contributed by atoms with E-state index in [4.69, 9.17) is 11.6 Å². The molecule has 0 radical (unpaired) electrons. The number of para-hydroxylation sites is 1. The van der Waals surface area contributed by atoms with Gasteiger partial charge in [-0.3, -0.25) is 4.98 Å². The molecule has 5 nitrogen and oxygen atoms in total. The van der Waals surface area contributed by atoms with Crippen molar-refractivity contribution >= 4 is 44.3 Å². The summed E-state index contributed by atoms with van der Waals surface area (Å²) in [6, 6.07) is 15.1. The fourth-order valence-corrected chi connectivity index (χ4v) is 6.43. The Morgan fingerprint density at radius 1 is 1.18 bits per heavy atom. The third-order valence-electron chi connectivity index (χ3n) is 5.42. The fraction of sp³-hybridized carbons (Fsp3) is 0.115. The molecular weight excluding hydrogens is 488 g/mol. The van der Waals surface area contributed by atoms with Gasteiger partial charge in [0, 0.05) is 33.0 Å². The lowest BCUT2D eigenvalue weighted by molar-refractivity contribution is 0.405. The van der Waals surface area contributed by atoms with Crippen molar-refractivity contribution in [3.05, 3.63) is 113 Å². The normalized spacial score (nSPS) is 18.9. The number of sulfonamides is 1. The van der Waals surface area contributed by atoms with Crippen LogP contribution in [-0.2, 0) is 10.0 Å². The number of rotatable bonds is 7. The third kappa shape index (κ3) is 4.98. The largest absolute Gasteiger partial charge is 0.506 e.